The van der Waals surface area contributed by atoms with Gasteiger partial charge in [0.1, 0.15) is 0 Å². The summed E-state index contributed by atoms with van der Waals surface area (Å²) in [6.07, 6.45) is 0. The minimum atomic E-state index is 0.130. The highest BCUT2D eigenvalue weighted by Gasteiger charge is 1.88. The zero-order chi connectivity index (χ0) is 13.1. The van der Waals surface area contributed by atoms with Crippen molar-refractivity contribution in [3.63, 3.8) is 0 Å². The van der Waals surface area contributed by atoms with E-state index >= 15 is 0 Å². The minimum absolute atomic E-state index is 0.130. The lowest BCUT2D eigenvalue weighted by Crippen LogP contribution is -2.22. The SMILES string of the molecule is CN=C(N)N.NC(=NCc1ccccc1)NI. The Balaban J connectivity index is 0.000000437. The molecule has 0 aliphatic carbocycles. The van der Waals surface area contributed by atoms with Gasteiger partial charge < -0.3 is 17.2 Å². The summed E-state index contributed by atoms with van der Waals surface area (Å²) in [7, 11) is 1.54. The summed E-state index contributed by atoms with van der Waals surface area (Å²) in [6.45, 7) is 0.628. The fourth-order valence-corrected chi connectivity index (χ4v) is 0.960. The molecule has 0 radical (unpaired) electrons. The van der Waals surface area contributed by atoms with Crippen LogP contribution in [0.3, 0.4) is 0 Å². The lowest BCUT2D eigenvalue weighted by molar-refractivity contribution is 1.05. The first-order chi connectivity index (χ1) is 8.10. The van der Waals surface area contributed by atoms with Crippen molar-refractivity contribution in [2.75, 3.05) is 7.05 Å². The molecule has 0 amide bonds. The summed E-state index contributed by atoms with van der Waals surface area (Å²) in [4.78, 5) is 7.45. The van der Waals surface area contributed by atoms with Crippen LogP contribution in [0, 0.1) is 0 Å². The molecule has 1 rings (SSSR count). The Morgan fingerprint density at radius 3 is 2.18 bits per heavy atom. The van der Waals surface area contributed by atoms with Crippen molar-refractivity contribution in [1.29, 1.82) is 0 Å². The van der Waals surface area contributed by atoms with Crippen LogP contribution in [0.5, 0.6) is 0 Å². The van der Waals surface area contributed by atoms with Crippen LogP contribution in [0.25, 0.3) is 0 Å². The Bertz CT molecular complexity index is 358. The Kier molecular flexibility index (Phi) is 8.84. The number of hydrogen-bond acceptors (Lipinski definition) is 2. The van der Waals surface area contributed by atoms with Gasteiger partial charge in [0.15, 0.2) is 11.9 Å². The predicted molar refractivity (Wildman–Crippen MR) is 80.7 cm³/mol. The average molecular weight is 348 g/mol. The summed E-state index contributed by atoms with van der Waals surface area (Å²) >= 11 is 1.95. The van der Waals surface area contributed by atoms with E-state index in [9.17, 15) is 0 Å². The topological polar surface area (TPSA) is 115 Å². The Labute approximate surface area is 115 Å². The fourth-order valence-electron chi connectivity index (χ4n) is 0.790. The Morgan fingerprint density at radius 2 is 1.76 bits per heavy atom. The van der Waals surface area contributed by atoms with Crippen molar-refractivity contribution >= 4 is 34.8 Å². The standard InChI is InChI=1S/C8H10IN3.C2H7N3/c9-12-8(10)11-6-7-4-2-1-3-5-7;1-5-2(3)4/h1-5H,6H2,(H3,10,11,12);1H3,(H4,3,4,5). The number of guanidine groups is 2. The molecule has 7 N–H and O–H groups in total. The van der Waals surface area contributed by atoms with Crippen molar-refractivity contribution in [2.45, 2.75) is 6.54 Å². The fraction of sp³-hybridized carbons (Fsp3) is 0.200. The lowest BCUT2D eigenvalue weighted by Gasteiger charge is -1.97. The molecule has 1 aromatic rings. The van der Waals surface area contributed by atoms with Crippen molar-refractivity contribution in [3.8, 4) is 0 Å². The third-order valence-electron chi connectivity index (χ3n) is 1.63. The van der Waals surface area contributed by atoms with E-state index in [1.807, 2.05) is 53.2 Å². The first-order valence-electron chi connectivity index (χ1n) is 4.78. The Morgan fingerprint density at radius 1 is 1.24 bits per heavy atom. The van der Waals surface area contributed by atoms with Crippen molar-refractivity contribution in [3.05, 3.63) is 35.9 Å². The number of nitrogens with zero attached hydrogens (tertiary/aromatic N) is 2. The summed E-state index contributed by atoms with van der Waals surface area (Å²) in [5.74, 6) is 0.587. The molecule has 94 valence electrons. The van der Waals surface area contributed by atoms with Crippen LogP contribution < -0.4 is 20.7 Å². The van der Waals surface area contributed by atoms with Crippen molar-refractivity contribution in [2.24, 2.45) is 27.2 Å². The summed E-state index contributed by atoms with van der Waals surface area (Å²) in [5.41, 5.74) is 16.3. The number of nitrogens with one attached hydrogen (secondary N) is 1. The second-order valence-electron chi connectivity index (χ2n) is 2.93. The third kappa shape index (κ3) is 9.42. The monoisotopic (exact) mass is 348 g/mol. The van der Waals surface area contributed by atoms with E-state index in [1.165, 1.54) is 7.05 Å². The summed E-state index contributed by atoms with van der Waals surface area (Å²) in [5, 5.41) is 0. The quantitative estimate of drug-likeness (QED) is 0.267. The number of aliphatic imine (C=N–C) groups is 2. The molecule has 0 heterocycles. The van der Waals surface area contributed by atoms with Gasteiger partial charge >= 0.3 is 0 Å². The highest BCUT2D eigenvalue weighted by atomic mass is 127. The van der Waals surface area contributed by atoms with Crippen LogP contribution in [-0.2, 0) is 6.54 Å². The van der Waals surface area contributed by atoms with E-state index < -0.39 is 0 Å². The molecular formula is C10H17IN6. The molecule has 0 aromatic heterocycles. The molecule has 0 unspecified atom stereocenters. The minimum Gasteiger partial charge on any atom is -0.370 e. The lowest BCUT2D eigenvalue weighted by atomic mass is 10.2. The number of benzene rings is 1. The van der Waals surface area contributed by atoms with Crippen molar-refractivity contribution < 1.29 is 0 Å². The maximum Gasteiger partial charge on any atom is 0.197 e. The second kappa shape index (κ2) is 9.70. The van der Waals surface area contributed by atoms with Gasteiger partial charge in [-0.15, -0.1) is 0 Å². The van der Waals surface area contributed by atoms with Gasteiger partial charge in [0.25, 0.3) is 0 Å². The van der Waals surface area contributed by atoms with Crippen LogP contribution in [0.1, 0.15) is 5.56 Å². The maximum atomic E-state index is 5.45. The second-order valence-corrected chi connectivity index (χ2v) is 3.47. The molecule has 0 fully saturated rings. The molecule has 0 bridgehead atoms. The van der Waals surface area contributed by atoms with Crippen LogP contribution in [-0.4, -0.2) is 19.0 Å². The molecular weight excluding hydrogens is 331 g/mol. The number of halogens is 1. The highest BCUT2D eigenvalue weighted by Crippen LogP contribution is 1.99. The number of rotatable bonds is 2. The molecule has 7 heteroatoms. The maximum absolute atomic E-state index is 5.45. The molecule has 0 spiro atoms. The first-order valence-corrected chi connectivity index (χ1v) is 5.86. The third-order valence-corrected chi connectivity index (χ3v) is 2.18. The molecule has 6 nitrogen and oxygen atoms in total. The Hall–Kier alpha value is -1.51. The van der Waals surface area contributed by atoms with Gasteiger partial charge in [0, 0.05) is 7.05 Å². The van der Waals surface area contributed by atoms with Gasteiger partial charge in [0.2, 0.25) is 0 Å². The molecule has 0 aliphatic heterocycles. The van der Waals surface area contributed by atoms with E-state index in [1.54, 1.807) is 0 Å². The van der Waals surface area contributed by atoms with Gasteiger partial charge in [-0.25, -0.2) is 4.99 Å². The van der Waals surface area contributed by atoms with Gasteiger partial charge in [-0.1, -0.05) is 30.3 Å². The largest absolute Gasteiger partial charge is 0.370 e. The van der Waals surface area contributed by atoms with E-state index in [-0.39, 0.29) is 5.96 Å². The van der Waals surface area contributed by atoms with E-state index in [0.717, 1.165) is 5.56 Å². The van der Waals surface area contributed by atoms with Crippen LogP contribution >= 0.6 is 22.9 Å². The number of hydrogen-bond donors (Lipinski definition) is 4. The highest BCUT2D eigenvalue weighted by molar-refractivity contribution is 14.1. The van der Waals surface area contributed by atoms with Gasteiger partial charge in [-0.3, -0.25) is 8.52 Å². The van der Waals surface area contributed by atoms with Gasteiger partial charge in [-0.05, 0) is 5.56 Å². The van der Waals surface area contributed by atoms with Gasteiger partial charge in [-0.2, -0.15) is 0 Å². The van der Waals surface area contributed by atoms with E-state index in [2.05, 4.69) is 13.5 Å². The van der Waals surface area contributed by atoms with Crippen LogP contribution in [0.15, 0.2) is 40.3 Å². The van der Waals surface area contributed by atoms with Gasteiger partial charge in [0.05, 0.1) is 29.4 Å². The molecule has 1 aromatic carbocycles. The normalized spacial score (nSPS) is 9.88. The predicted octanol–water partition coefficient (Wildman–Crippen LogP) is 0.331. The van der Waals surface area contributed by atoms with Crippen molar-refractivity contribution in [1.82, 2.24) is 3.53 Å². The molecule has 0 saturated carbocycles. The number of nitrogens with two attached hydrogens (primary N) is 3. The average Bonchev–Trinajstić information content (AvgIpc) is 2.37. The molecule has 0 saturated heterocycles. The van der Waals surface area contributed by atoms with E-state index in [0.29, 0.717) is 12.5 Å². The summed E-state index contributed by atoms with van der Waals surface area (Å²) < 4.78 is 2.73. The van der Waals surface area contributed by atoms with E-state index in [4.69, 9.17) is 17.2 Å². The first kappa shape index (κ1) is 15.5. The molecule has 0 aliphatic rings. The smallest absolute Gasteiger partial charge is 0.197 e. The zero-order valence-corrected chi connectivity index (χ0v) is 11.8. The van der Waals surface area contributed by atoms with Crippen LogP contribution in [0.4, 0.5) is 0 Å². The summed E-state index contributed by atoms with van der Waals surface area (Å²) in [6, 6.07) is 9.98. The zero-order valence-electron chi connectivity index (χ0n) is 9.60. The molecule has 0 atom stereocenters. The molecule has 17 heavy (non-hydrogen) atoms. The van der Waals surface area contributed by atoms with Crippen LogP contribution in [0.2, 0.25) is 0 Å².